The molecule has 0 saturated heterocycles. The van der Waals surface area contributed by atoms with E-state index in [1.165, 1.54) is 17.4 Å². The van der Waals surface area contributed by atoms with E-state index in [-0.39, 0.29) is 5.91 Å². The summed E-state index contributed by atoms with van der Waals surface area (Å²) in [5.41, 5.74) is 2.51. The van der Waals surface area contributed by atoms with Gasteiger partial charge in [-0.2, -0.15) is 5.26 Å². The van der Waals surface area contributed by atoms with Crippen LogP contribution in [0, 0.1) is 11.3 Å². The predicted molar refractivity (Wildman–Crippen MR) is 94.6 cm³/mol. The molecule has 4 nitrogen and oxygen atoms in total. The largest absolute Gasteiger partial charge is 0.298 e. The van der Waals surface area contributed by atoms with Gasteiger partial charge in [-0.3, -0.25) is 10.1 Å². The van der Waals surface area contributed by atoms with Gasteiger partial charge < -0.3 is 0 Å². The summed E-state index contributed by atoms with van der Waals surface area (Å²) in [6, 6.07) is 10.7. The van der Waals surface area contributed by atoms with E-state index in [1.807, 2.05) is 17.5 Å². The Kier molecular flexibility index (Phi) is 4.64. The number of hydrogen-bond donors (Lipinski definition) is 1. The van der Waals surface area contributed by atoms with Gasteiger partial charge in [0.1, 0.15) is 4.34 Å². The van der Waals surface area contributed by atoms with E-state index in [1.54, 1.807) is 12.1 Å². The molecule has 0 aliphatic heterocycles. The van der Waals surface area contributed by atoms with Gasteiger partial charge in [0, 0.05) is 10.9 Å². The minimum atomic E-state index is -0.348. The number of aromatic nitrogens is 1. The second-order valence-electron chi connectivity index (χ2n) is 4.42. The molecule has 2 aromatic heterocycles. The standard InChI is InChI=1S/C15H7Cl2N3OS2/c16-12-5-10(13(17)23-12)14(21)20-15-19-11(7-22-15)9-3-1-8(6-18)2-4-9/h1-5,7H,(H,19,20,21). The van der Waals surface area contributed by atoms with Crippen LogP contribution in [-0.2, 0) is 0 Å². The first kappa shape index (κ1) is 16.0. The van der Waals surface area contributed by atoms with Crippen molar-refractivity contribution >= 4 is 56.9 Å². The number of nitriles is 1. The van der Waals surface area contributed by atoms with Crippen LogP contribution >= 0.6 is 45.9 Å². The lowest BCUT2D eigenvalue weighted by atomic mass is 10.1. The van der Waals surface area contributed by atoms with Gasteiger partial charge in [-0.1, -0.05) is 35.3 Å². The van der Waals surface area contributed by atoms with Crippen molar-refractivity contribution in [3.8, 4) is 17.3 Å². The third-order valence-corrected chi connectivity index (χ3v) is 5.18. The Bertz CT molecular complexity index is 910. The molecule has 3 rings (SSSR count). The Morgan fingerprint density at radius 1 is 1.26 bits per heavy atom. The Hall–Kier alpha value is -1.91. The molecular weight excluding hydrogens is 373 g/mol. The molecule has 3 aromatic rings. The van der Waals surface area contributed by atoms with Crippen molar-refractivity contribution in [2.24, 2.45) is 0 Å². The van der Waals surface area contributed by atoms with Gasteiger partial charge in [0.25, 0.3) is 5.91 Å². The third kappa shape index (κ3) is 3.54. The summed E-state index contributed by atoms with van der Waals surface area (Å²) in [4.78, 5) is 16.5. The van der Waals surface area contributed by atoms with Crippen LogP contribution in [0.15, 0.2) is 35.7 Å². The average molecular weight is 380 g/mol. The van der Waals surface area contributed by atoms with Gasteiger partial charge >= 0.3 is 0 Å². The quantitative estimate of drug-likeness (QED) is 0.670. The highest BCUT2D eigenvalue weighted by Crippen LogP contribution is 2.32. The second-order valence-corrected chi connectivity index (χ2v) is 7.56. The summed E-state index contributed by atoms with van der Waals surface area (Å²) in [6.45, 7) is 0. The van der Waals surface area contributed by atoms with Gasteiger partial charge in [-0.25, -0.2) is 4.98 Å². The van der Waals surface area contributed by atoms with Gasteiger partial charge in [0.2, 0.25) is 0 Å². The molecule has 2 heterocycles. The van der Waals surface area contributed by atoms with Crippen LogP contribution < -0.4 is 5.32 Å². The Balaban J connectivity index is 1.78. The minimum Gasteiger partial charge on any atom is -0.298 e. The number of rotatable bonds is 3. The predicted octanol–water partition coefficient (Wildman–Crippen LogP) is 5.30. The number of nitrogens with zero attached hydrogens (tertiary/aromatic N) is 2. The fourth-order valence-electron chi connectivity index (χ4n) is 1.84. The van der Waals surface area contributed by atoms with Crippen LogP contribution in [0.5, 0.6) is 0 Å². The lowest BCUT2D eigenvalue weighted by Crippen LogP contribution is -2.11. The van der Waals surface area contributed by atoms with Gasteiger partial charge in [-0.15, -0.1) is 22.7 Å². The molecule has 0 radical (unpaired) electrons. The van der Waals surface area contributed by atoms with E-state index < -0.39 is 0 Å². The minimum absolute atomic E-state index is 0.330. The molecule has 0 atom stereocenters. The number of hydrogen-bond acceptors (Lipinski definition) is 5. The molecule has 114 valence electrons. The number of carbonyl (C=O) groups excluding carboxylic acids is 1. The molecule has 0 fully saturated rings. The van der Waals surface area contributed by atoms with Crippen LogP contribution in [0.25, 0.3) is 11.3 Å². The Morgan fingerprint density at radius 2 is 2.00 bits per heavy atom. The lowest BCUT2D eigenvalue weighted by molar-refractivity contribution is 0.102. The molecule has 8 heteroatoms. The number of halogens is 2. The second kappa shape index (κ2) is 6.69. The fourth-order valence-corrected chi connectivity index (χ4v) is 4.01. The summed E-state index contributed by atoms with van der Waals surface area (Å²) >= 11 is 14.3. The molecule has 23 heavy (non-hydrogen) atoms. The van der Waals surface area contributed by atoms with Crippen molar-refractivity contribution in [3.63, 3.8) is 0 Å². The summed E-state index contributed by atoms with van der Waals surface area (Å²) in [6.07, 6.45) is 0. The van der Waals surface area contributed by atoms with Crippen LogP contribution in [0.1, 0.15) is 15.9 Å². The molecule has 1 N–H and O–H groups in total. The average Bonchev–Trinajstić information content (AvgIpc) is 3.13. The van der Waals surface area contributed by atoms with E-state index >= 15 is 0 Å². The number of thiophene rings is 1. The highest BCUT2D eigenvalue weighted by Gasteiger charge is 2.16. The summed E-state index contributed by atoms with van der Waals surface area (Å²) < 4.78 is 0.800. The highest BCUT2D eigenvalue weighted by atomic mass is 35.5. The summed E-state index contributed by atoms with van der Waals surface area (Å²) in [5, 5.41) is 13.8. The SMILES string of the molecule is N#Cc1ccc(-c2csc(NC(=O)c3cc(Cl)sc3Cl)n2)cc1. The van der Waals surface area contributed by atoms with Gasteiger partial charge in [-0.05, 0) is 18.2 Å². The lowest BCUT2D eigenvalue weighted by Gasteiger charge is -2.00. The van der Waals surface area contributed by atoms with Crippen LogP contribution in [-0.4, -0.2) is 10.9 Å². The maximum absolute atomic E-state index is 12.2. The van der Waals surface area contributed by atoms with E-state index in [0.29, 0.717) is 24.9 Å². The number of carbonyl (C=O) groups is 1. The molecule has 0 saturated carbocycles. The first-order valence-electron chi connectivity index (χ1n) is 6.29. The number of anilines is 1. The molecule has 1 aromatic carbocycles. The zero-order chi connectivity index (χ0) is 16.4. The van der Waals surface area contributed by atoms with Gasteiger partial charge in [0.05, 0.1) is 27.2 Å². The van der Waals surface area contributed by atoms with E-state index in [0.717, 1.165) is 22.6 Å². The molecule has 0 aliphatic rings. The van der Waals surface area contributed by atoms with E-state index in [2.05, 4.69) is 16.4 Å². The van der Waals surface area contributed by atoms with E-state index in [9.17, 15) is 4.79 Å². The number of thiazole rings is 1. The monoisotopic (exact) mass is 379 g/mol. The molecule has 1 amide bonds. The molecule has 0 unspecified atom stereocenters. The Labute approximate surface area is 149 Å². The van der Waals surface area contributed by atoms with Crippen molar-refractivity contribution in [2.75, 3.05) is 5.32 Å². The number of benzene rings is 1. The van der Waals surface area contributed by atoms with Crippen molar-refractivity contribution in [1.29, 1.82) is 5.26 Å². The van der Waals surface area contributed by atoms with Crippen molar-refractivity contribution in [3.05, 3.63) is 55.5 Å². The molecular formula is C15H7Cl2N3OS2. The Morgan fingerprint density at radius 3 is 2.61 bits per heavy atom. The number of nitrogens with one attached hydrogen (secondary N) is 1. The summed E-state index contributed by atoms with van der Waals surface area (Å²) in [7, 11) is 0. The normalized spacial score (nSPS) is 10.3. The van der Waals surface area contributed by atoms with Crippen LogP contribution in [0.2, 0.25) is 8.67 Å². The number of amides is 1. The molecule has 0 aliphatic carbocycles. The topological polar surface area (TPSA) is 65.8 Å². The van der Waals surface area contributed by atoms with Crippen molar-refractivity contribution in [1.82, 2.24) is 4.98 Å². The molecule has 0 bridgehead atoms. The first-order valence-corrected chi connectivity index (χ1v) is 8.74. The van der Waals surface area contributed by atoms with Crippen molar-refractivity contribution < 1.29 is 4.79 Å². The fraction of sp³-hybridized carbons (Fsp3) is 0. The summed E-state index contributed by atoms with van der Waals surface area (Å²) in [5.74, 6) is -0.348. The smallest absolute Gasteiger partial charge is 0.259 e. The molecule has 0 spiro atoms. The first-order chi connectivity index (χ1) is 11.1. The van der Waals surface area contributed by atoms with Crippen LogP contribution in [0.3, 0.4) is 0 Å². The maximum atomic E-state index is 12.2. The zero-order valence-corrected chi connectivity index (χ0v) is 14.5. The van der Waals surface area contributed by atoms with Crippen molar-refractivity contribution in [2.45, 2.75) is 0 Å². The highest BCUT2D eigenvalue weighted by molar-refractivity contribution is 7.20. The van der Waals surface area contributed by atoms with E-state index in [4.69, 9.17) is 28.5 Å². The van der Waals surface area contributed by atoms with Gasteiger partial charge in [0.15, 0.2) is 5.13 Å². The third-order valence-electron chi connectivity index (χ3n) is 2.94. The zero-order valence-electron chi connectivity index (χ0n) is 11.3. The van der Waals surface area contributed by atoms with Crippen LogP contribution in [0.4, 0.5) is 5.13 Å². The maximum Gasteiger partial charge on any atom is 0.259 e.